The Hall–Kier alpha value is -1.13. The van der Waals surface area contributed by atoms with Crippen molar-refractivity contribution in [1.29, 1.82) is 0 Å². The molecule has 0 amide bonds. The Labute approximate surface area is 103 Å². The van der Waals surface area contributed by atoms with Crippen LogP contribution in [0.25, 0.3) is 0 Å². The van der Waals surface area contributed by atoms with E-state index in [2.05, 4.69) is 18.8 Å². The molecule has 0 saturated carbocycles. The summed E-state index contributed by atoms with van der Waals surface area (Å²) in [6, 6.07) is 3.77. The van der Waals surface area contributed by atoms with Crippen LogP contribution in [0.5, 0.6) is 5.88 Å². The second-order valence-electron chi connectivity index (χ2n) is 4.54. The molecule has 0 aliphatic carbocycles. The second kappa shape index (κ2) is 7.25. The third kappa shape index (κ3) is 5.65. The van der Waals surface area contributed by atoms with E-state index in [9.17, 15) is 0 Å². The van der Waals surface area contributed by atoms with Crippen LogP contribution in [0, 0.1) is 5.92 Å². The summed E-state index contributed by atoms with van der Waals surface area (Å²) in [6.45, 7) is 8.05. The van der Waals surface area contributed by atoms with Crippen LogP contribution in [0.2, 0.25) is 0 Å². The maximum Gasteiger partial charge on any atom is 0.213 e. The maximum atomic E-state index is 5.73. The molecule has 0 aliphatic heterocycles. The Morgan fingerprint density at radius 2 is 2.00 bits per heavy atom. The Bertz CT molecular complexity index is 310. The van der Waals surface area contributed by atoms with E-state index in [4.69, 9.17) is 15.2 Å². The highest BCUT2D eigenvalue weighted by molar-refractivity contribution is 5.19. The zero-order chi connectivity index (χ0) is 12.7. The molecule has 0 spiro atoms. The molecule has 0 aromatic carbocycles. The number of nitrogens with zero attached hydrogens (tertiary/aromatic N) is 1. The molecule has 1 aromatic heterocycles. The van der Waals surface area contributed by atoms with Gasteiger partial charge >= 0.3 is 0 Å². The van der Waals surface area contributed by atoms with E-state index in [0.717, 1.165) is 12.2 Å². The summed E-state index contributed by atoms with van der Waals surface area (Å²) in [7, 11) is 0. The predicted molar refractivity (Wildman–Crippen MR) is 68.0 cm³/mol. The van der Waals surface area contributed by atoms with Gasteiger partial charge in [0.2, 0.25) is 5.88 Å². The minimum atomic E-state index is 0.00549. The normalized spacial score (nSPS) is 12.8. The van der Waals surface area contributed by atoms with Crippen molar-refractivity contribution in [3.63, 3.8) is 0 Å². The molecule has 1 aromatic rings. The van der Waals surface area contributed by atoms with E-state index in [1.807, 2.05) is 19.1 Å². The van der Waals surface area contributed by atoms with Gasteiger partial charge < -0.3 is 15.2 Å². The van der Waals surface area contributed by atoms with E-state index < -0.39 is 0 Å². The fourth-order valence-corrected chi connectivity index (χ4v) is 1.27. The van der Waals surface area contributed by atoms with E-state index in [1.165, 1.54) is 0 Å². The number of hydrogen-bond donors (Lipinski definition) is 1. The van der Waals surface area contributed by atoms with E-state index in [-0.39, 0.29) is 6.04 Å². The first-order chi connectivity index (χ1) is 8.09. The summed E-state index contributed by atoms with van der Waals surface area (Å²) < 4.78 is 10.9. The van der Waals surface area contributed by atoms with Gasteiger partial charge in [-0.3, -0.25) is 0 Å². The number of pyridine rings is 1. The predicted octanol–water partition coefficient (Wildman–Crippen LogP) is 2.15. The van der Waals surface area contributed by atoms with Crippen molar-refractivity contribution in [1.82, 2.24) is 4.98 Å². The van der Waals surface area contributed by atoms with E-state index in [1.54, 1.807) is 6.20 Å². The van der Waals surface area contributed by atoms with Crippen LogP contribution < -0.4 is 10.5 Å². The number of nitrogens with two attached hydrogens (primary N) is 1. The highest BCUT2D eigenvalue weighted by Gasteiger charge is 2.01. The van der Waals surface area contributed by atoms with Gasteiger partial charge in [-0.1, -0.05) is 19.9 Å². The molecule has 17 heavy (non-hydrogen) atoms. The van der Waals surface area contributed by atoms with Gasteiger partial charge in [0, 0.05) is 24.9 Å². The fourth-order valence-electron chi connectivity index (χ4n) is 1.27. The molecule has 96 valence electrons. The molecule has 4 heteroatoms. The average molecular weight is 238 g/mol. The van der Waals surface area contributed by atoms with Crippen LogP contribution in [-0.2, 0) is 4.74 Å². The standard InChI is InChI=1S/C13H22N2O2/c1-10(2)9-16-6-7-17-13-5-4-12(8-15-13)11(3)14/h4-5,8,10-11H,6-7,9,14H2,1-3H3/t11-/m0/s1. The minimum absolute atomic E-state index is 0.00549. The van der Waals surface area contributed by atoms with E-state index >= 15 is 0 Å². The highest BCUT2D eigenvalue weighted by Crippen LogP contribution is 2.12. The number of ether oxygens (including phenoxy) is 2. The van der Waals surface area contributed by atoms with Gasteiger partial charge in [-0.05, 0) is 18.4 Å². The number of rotatable bonds is 7. The molecule has 0 aliphatic rings. The summed E-state index contributed by atoms with van der Waals surface area (Å²) in [5.41, 5.74) is 6.74. The zero-order valence-electron chi connectivity index (χ0n) is 10.8. The summed E-state index contributed by atoms with van der Waals surface area (Å²) in [5, 5.41) is 0. The summed E-state index contributed by atoms with van der Waals surface area (Å²) in [4.78, 5) is 4.17. The van der Waals surface area contributed by atoms with Gasteiger partial charge in [0.25, 0.3) is 0 Å². The molecule has 2 N–H and O–H groups in total. The minimum Gasteiger partial charge on any atom is -0.475 e. The second-order valence-corrected chi connectivity index (χ2v) is 4.54. The fraction of sp³-hybridized carbons (Fsp3) is 0.615. The summed E-state index contributed by atoms with van der Waals surface area (Å²) >= 11 is 0. The van der Waals surface area contributed by atoms with Crippen molar-refractivity contribution < 1.29 is 9.47 Å². The molecule has 0 saturated heterocycles. The van der Waals surface area contributed by atoms with Crippen LogP contribution in [0.15, 0.2) is 18.3 Å². The topological polar surface area (TPSA) is 57.4 Å². The number of aromatic nitrogens is 1. The molecule has 0 fully saturated rings. The van der Waals surface area contributed by atoms with Crippen LogP contribution in [0.3, 0.4) is 0 Å². The van der Waals surface area contributed by atoms with Gasteiger partial charge in [0.05, 0.1) is 6.61 Å². The summed E-state index contributed by atoms with van der Waals surface area (Å²) in [6.07, 6.45) is 1.75. The van der Waals surface area contributed by atoms with Gasteiger partial charge in [0.1, 0.15) is 6.61 Å². The van der Waals surface area contributed by atoms with Crippen LogP contribution >= 0.6 is 0 Å². The molecule has 0 unspecified atom stereocenters. The van der Waals surface area contributed by atoms with Crippen molar-refractivity contribution in [2.24, 2.45) is 11.7 Å². The molecule has 1 heterocycles. The molecule has 1 atom stereocenters. The van der Waals surface area contributed by atoms with Gasteiger partial charge in [-0.25, -0.2) is 4.98 Å². The number of hydrogen-bond acceptors (Lipinski definition) is 4. The first-order valence-corrected chi connectivity index (χ1v) is 6.01. The maximum absolute atomic E-state index is 5.73. The molecule has 4 nitrogen and oxygen atoms in total. The Balaban J connectivity index is 2.23. The molecular weight excluding hydrogens is 216 g/mol. The SMILES string of the molecule is CC(C)COCCOc1ccc([C@H](C)N)cn1. The zero-order valence-corrected chi connectivity index (χ0v) is 10.8. The Morgan fingerprint density at radius 3 is 2.53 bits per heavy atom. The lowest BCUT2D eigenvalue weighted by molar-refractivity contribution is 0.0806. The molecule has 1 rings (SSSR count). The van der Waals surface area contributed by atoms with Crippen molar-refractivity contribution in [2.75, 3.05) is 19.8 Å². The first kappa shape index (κ1) is 13.9. The smallest absolute Gasteiger partial charge is 0.213 e. The lowest BCUT2D eigenvalue weighted by Crippen LogP contribution is -2.11. The van der Waals surface area contributed by atoms with Gasteiger partial charge in [0.15, 0.2) is 0 Å². The van der Waals surface area contributed by atoms with Crippen LogP contribution in [0.1, 0.15) is 32.4 Å². The third-order valence-corrected chi connectivity index (χ3v) is 2.21. The molecular formula is C13H22N2O2. The van der Waals surface area contributed by atoms with Crippen LogP contribution in [0.4, 0.5) is 0 Å². The Morgan fingerprint density at radius 1 is 1.24 bits per heavy atom. The molecule has 0 bridgehead atoms. The third-order valence-electron chi connectivity index (χ3n) is 2.21. The quantitative estimate of drug-likeness (QED) is 0.739. The Kier molecular flexibility index (Phi) is 5.94. The largest absolute Gasteiger partial charge is 0.475 e. The average Bonchev–Trinajstić information content (AvgIpc) is 2.29. The summed E-state index contributed by atoms with van der Waals surface area (Å²) in [5.74, 6) is 1.17. The lowest BCUT2D eigenvalue weighted by Gasteiger charge is -2.09. The van der Waals surface area contributed by atoms with Crippen molar-refractivity contribution in [3.8, 4) is 5.88 Å². The highest BCUT2D eigenvalue weighted by atomic mass is 16.5. The van der Waals surface area contributed by atoms with Crippen molar-refractivity contribution in [3.05, 3.63) is 23.9 Å². The van der Waals surface area contributed by atoms with E-state index in [0.29, 0.717) is 25.0 Å². The van der Waals surface area contributed by atoms with Gasteiger partial charge in [-0.15, -0.1) is 0 Å². The van der Waals surface area contributed by atoms with Crippen molar-refractivity contribution in [2.45, 2.75) is 26.8 Å². The monoisotopic (exact) mass is 238 g/mol. The van der Waals surface area contributed by atoms with Gasteiger partial charge in [-0.2, -0.15) is 0 Å². The lowest BCUT2D eigenvalue weighted by atomic mass is 10.2. The first-order valence-electron chi connectivity index (χ1n) is 6.01. The van der Waals surface area contributed by atoms with Crippen molar-refractivity contribution >= 4 is 0 Å². The molecule has 0 radical (unpaired) electrons. The van der Waals surface area contributed by atoms with Crippen LogP contribution in [-0.4, -0.2) is 24.8 Å².